The molecule has 9 heteroatoms. The molecule has 0 saturated heterocycles. The molecule has 0 spiro atoms. The van der Waals surface area contributed by atoms with Crippen LogP contribution in [-0.4, -0.2) is 32.1 Å². The first kappa shape index (κ1) is 21.1. The molecule has 1 N–H and O–H groups in total. The SMILES string of the molecule is Cc1ccc(S(=O)(=O)N(CC(=O)N/N=C\c2ccccn2)c2ccccc2F)cc1. The number of benzene rings is 2. The highest BCUT2D eigenvalue weighted by Gasteiger charge is 2.29. The van der Waals surface area contributed by atoms with Crippen LogP contribution in [0.15, 0.2) is 82.9 Å². The van der Waals surface area contributed by atoms with E-state index in [0.29, 0.717) is 5.69 Å². The van der Waals surface area contributed by atoms with Crippen molar-refractivity contribution in [3.63, 3.8) is 0 Å². The lowest BCUT2D eigenvalue weighted by Crippen LogP contribution is -2.40. The smallest absolute Gasteiger partial charge is 0.264 e. The van der Waals surface area contributed by atoms with Crippen LogP contribution in [0.4, 0.5) is 10.1 Å². The summed E-state index contributed by atoms with van der Waals surface area (Å²) in [4.78, 5) is 16.4. The largest absolute Gasteiger partial charge is 0.271 e. The molecule has 1 amide bonds. The fraction of sp³-hybridized carbons (Fsp3) is 0.0952. The van der Waals surface area contributed by atoms with Crippen LogP contribution < -0.4 is 9.73 Å². The molecule has 3 rings (SSSR count). The van der Waals surface area contributed by atoms with Crippen molar-refractivity contribution in [2.75, 3.05) is 10.8 Å². The van der Waals surface area contributed by atoms with Gasteiger partial charge in [-0.2, -0.15) is 5.10 Å². The van der Waals surface area contributed by atoms with E-state index < -0.39 is 28.3 Å². The number of hydrogen-bond donors (Lipinski definition) is 1. The van der Waals surface area contributed by atoms with Crippen molar-refractivity contribution in [2.45, 2.75) is 11.8 Å². The van der Waals surface area contributed by atoms with E-state index in [2.05, 4.69) is 15.5 Å². The first-order chi connectivity index (χ1) is 14.4. The molecule has 154 valence electrons. The Morgan fingerprint density at radius 3 is 2.47 bits per heavy atom. The van der Waals surface area contributed by atoms with Crippen molar-refractivity contribution in [1.29, 1.82) is 0 Å². The summed E-state index contributed by atoms with van der Waals surface area (Å²) in [6, 6.07) is 16.6. The number of carbonyl (C=O) groups excluding carboxylic acids is 1. The third kappa shape index (κ3) is 5.06. The molecule has 30 heavy (non-hydrogen) atoms. The van der Waals surface area contributed by atoms with Gasteiger partial charge in [0.1, 0.15) is 12.4 Å². The Hall–Kier alpha value is -3.59. The van der Waals surface area contributed by atoms with Crippen molar-refractivity contribution in [2.24, 2.45) is 5.10 Å². The molecule has 0 fully saturated rings. The van der Waals surface area contributed by atoms with Crippen molar-refractivity contribution < 1.29 is 17.6 Å². The van der Waals surface area contributed by atoms with Crippen molar-refractivity contribution in [3.8, 4) is 0 Å². The third-order valence-corrected chi connectivity index (χ3v) is 5.87. The molecule has 0 bridgehead atoms. The molecule has 0 unspecified atom stereocenters. The summed E-state index contributed by atoms with van der Waals surface area (Å²) in [6.45, 7) is 1.16. The highest BCUT2D eigenvalue weighted by atomic mass is 32.2. The van der Waals surface area contributed by atoms with Crippen LogP contribution in [-0.2, 0) is 14.8 Å². The van der Waals surface area contributed by atoms with Gasteiger partial charge in [0.2, 0.25) is 0 Å². The molecule has 0 aliphatic rings. The normalized spacial score (nSPS) is 11.4. The van der Waals surface area contributed by atoms with E-state index in [1.165, 1.54) is 36.5 Å². The first-order valence-electron chi connectivity index (χ1n) is 8.95. The van der Waals surface area contributed by atoms with Crippen molar-refractivity contribution in [1.82, 2.24) is 10.4 Å². The maximum absolute atomic E-state index is 14.4. The molecular formula is C21H19FN4O3S. The van der Waals surface area contributed by atoms with Gasteiger partial charge in [0.05, 0.1) is 22.5 Å². The quantitative estimate of drug-likeness (QED) is 0.465. The van der Waals surface area contributed by atoms with Crippen LogP contribution in [0.1, 0.15) is 11.3 Å². The average molecular weight is 426 g/mol. The van der Waals surface area contributed by atoms with Gasteiger partial charge in [-0.1, -0.05) is 35.9 Å². The summed E-state index contributed by atoms with van der Waals surface area (Å²) in [5.41, 5.74) is 3.39. The number of sulfonamides is 1. The van der Waals surface area contributed by atoms with Crippen LogP contribution in [0.5, 0.6) is 0 Å². The van der Waals surface area contributed by atoms with Crippen LogP contribution in [0.3, 0.4) is 0 Å². The monoisotopic (exact) mass is 426 g/mol. The summed E-state index contributed by atoms with van der Waals surface area (Å²) in [7, 11) is -4.20. The lowest BCUT2D eigenvalue weighted by atomic mass is 10.2. The lowest BCUT2D eigenvalue weighted by Gasteiger charge is -2.24. The molecule has 0 aliphatic heterocycles. The van der Waals surface area contributed by atoms with Gasteiger partial charge in [-0.3, -0.25) is 14.1 Å². The third-order valence-electron chi connectivity index (χ3n) is 4.09. The van der Waals surface area contributed by atoms with Gasteiger partial charge in [-0.15, -0.1) is 0 Å². The number of aryl methyl sites for hydroxylation is 1. The number of anilines is 1. The number of hydrazone groups is 1. The molecule has 3 aromatic rings. The van der Waals surface area contributed by atoms with E-state index in [9.17, 15) is 17.6 Å². The molecule has 0 atom stereocenters. The summed E-state index contributed by atoms with van der Waals surface area (Å²) >= 11 is 0. The minimum absolute atomic E-state index is 0.0545. The number of aromatic nitrogens is 1. The van der Waals surface area contributed by atoms with Gasteiger partial charge in [0.15, 0.2) is 0 Å². The second-order valence-electron chi connectivity index (χ2n) is 6.32. The van der Waals surface area contributed by atoms with Crippen LogP contribution >= 0.6 is 0 Å². The highest BCUT2D eigenvalue weighted by Crippen LogP contribution is 2.26. The minimum atomic E-state index is -4.20. The Labute approximate surface area is 173 Å². The van der Waals surface area contributed by atoms with E-state index in [1.807, 2.05) is 6.92 Å². The average Bonchev–Trinajstić information content (AvgIpc) is 2.74. The Bertz CT molecular complexity index is 1150. The Morgan fingerprint density at radius 2 is 1.80 bits per heavy atom. The number of halogens is 1. The summed E-state index contributed by atoms with van der Waals surface area (Å²) in [6.07, 6.45) is 2.89. The predicted octanol–water partition coefficient (Wildman–Crippen LogP) is 2.87. The highest BCUT2D eigenvalue weighted by molar-refractivity contribution is 7.92. The summed E-state index contributed by atoms with van der Waals surface area (Å²) in [5.74, 6) is -1.50. The Kier molecular flexibility index (Phi) is 6.53. The topological polar surface area (TPSA) is 91.7 Å². The van der Waals surface area contributed by atoms with Crippen molar-refractivity contribution >= 4 is 27.8 Å². The lowest BCUT2D eigenvalue weighted by molar-refractivity contribution is -0.119. The van der Waals surface area contributed by atoms with Crippen LogP contribution in [0.25, 0.3) is 0 Å². The zero-order valence-electron chi connectivity index (χ0n) is 16.1. The van der Waals surface area contributed by atoms with Gasteiger partial charge in [0.25, 0.3) is 15.9 Å². The Morgan fingerprint density at radius 1 is 1.10 bits per heavy atom. The number of hydrogen-bond acceptors (Lipinski definition) is 5. The second-order valence-corrected chi connectivity index (χ2v) is 8.19. The minimum Gasteiger partial charge on any atom is -0.271 e. The maximum Gasteiger partial charge on any atom is 0.264 e. The molecule has 0 aliphatic carbocycles. The van der Waals surface area contributed by atoms with E-state index in [4.69, 9.17) is 0 Å². The molecular weight excluding hydrogens is 407 g/mol. The molecule has 0 radical (unpaired) electrons. The number of rotatable bonds is 7. The number of pyridine rings is 1. The van der Waals surface area contributed by atoms with E-state index in [-0.39, 0.29) is 10.6 Å². The number of nitrogens with zero attached hydrogens (tertiary/aromatic N) is 3. The van der Waals surface area contributed by atoms with Crippen LogP contribution in [0.2, 0.25) is 0 Å². The maximum atomic E-state index is 14.4. The summed E-state index contributed by atoms with van der Waals surface area (Å²) in [5, 5.41) is 3.77. The second kappa shape index (κ2) is 9.27. The summed E-state index contributed by atoms with van der Waals surface area (Å²) < 4.78 is 41.4. The predicted molar refractivity (Wildman–Crippen MR) is 112 cm³/mol. The van der Waals surface area contributed by atoms with Gasteiger partial charge >= 0.3 is 0 Å². The van der Waals surface area contributed by atoms with E-state index in [1.54, 1.807) is 36.5 Å². The number of para-hydroxylation sites is 1. The molecule has 7 nitrogen and oxygen atoms in total. The van der Waals surface area contributed by atoms with Crippen molar-refractivity contribution in [3.05, 3.63) is 90.0 Å². The van der Waals surface area contributed by atoms with Gasteiger partial charge in [-0.05, 0) is 43.3 Å². The first-order valence-corrected chi connectivity index (χ1v) is 10.4. The van der Waals surface area contributed by atoms with Gasteiger partial charge < -0.3 is 0 Å². The molecule has 0 saturated carbocycles. The number of amides is 1. The number of carbonyl (C=O) groups is 1. The van der Waals surface area contributed by atoms with Gasteiger partial charge in [-0.25, -0.2) is 18.2 Å². The standard InChI is InChI=1S/C21H19FN4O3S/c1-16-9-11-18(12-10-16)30(28,29)26(20-8-3-2-7-19(20)22)15-21(27)25-24-14-17-6-4-5-13-23-17/h2-14H,15H2,1H3,(H,25,27)/b24-14-. The fourth-order valence-electron chi connectivity index (χ4n) is 2.58. The fourth-order valence-corrected chi connectivity index (χ4v) is 4.01. The van der Waals surface area contributed by atoms with Gasteiger partial charge in [0, 0.05) is 6.20 Å². The van der Waals surface area contributed by atoms with E-state index in [0.717, 1.165) is 15.9 Å². The van der Waals surface area contributed by atoms with E-state index >= 15 is 0 Å². The van der Waals surface area contributed by atoms with Crippen LogP contribution in [0, 0.1) is 12.7 Å². The number of nitrogens with one attached hydrogen (secondary N) is 1. The Balaban J connectivity index is 1.87. The molecule has 1 aromatic heterocycles. The zero-order chi connectivity index (χ0) is 21.6. The zero-order valence-corrected chi connectivity index (χ0v) is 16.9. The molecule has 2 aromatic carbocycles. The molecule has 1 heterocycles.